The lowest BCUT2D eigenvalue weighted by Crippen LogP contribution is -2.09. The molecule has 0 aromatic heterocycles. The van der Waals surface area contributed by atoms with Gasteiger partial charge < -0.3 is 14.6 Å². The maximum Gasteiger partial charge on any atom is 0.343 e. The summed E-state index contributed by atoms with van der Waals surface area (Å²) in [6.45, 7) is 2.18. The van der Waals surface area contributed by atoms with E-state index < -0.39 is 11.9 Å². The van der Waals surface area contributed by atoms with Crippen LogP contribution in [0.2, 0.25) is 0 Å². The van der Waals surface area contributed by atoms with Gasteiger partial charge in [0.05, 0.1) is 17.7 Å². The summed E-state index contributed by atoms with van der Waals surface area (Å²) in [5.74, 6) is -0.297. The summed E-state index contributed by atoms with van der Waals surface area (Å²) in [6, 6.07) is 20.1. The maximum absolute atomic E-state index is 12.1. The largest absolute Gasteiger partial charge is 0.508 e. The molecule has 5 nitrogen and oxygen atoms in total. The molecule has 142 valence electrons. The van der Waals surface area contributed by atoms with Crippen molar-refractivity contribution in [1.82, 2.24) is 0 Å². The third-order valence-electron chi connectivity index (χ3n) is 4.15. The van der Waals surface area contributed by atoms with Crippen molar-refractivity contribution in [2.75, 3.05) is 6.61 Å². The quantitative estimate of drug-likeness (QED) is 0.512. The molecule has 0 amide bonds. The van der Waals surface area contributed by atoms with Crippen LogP contribution in [-0.4, -0.2) is 23.7 Å². The van der Waals surface area contributed by atoms with Crippen molar-refractivity contribution >= 4 is 11.9 Å². The number of esters is 2. The standard InChI is InChI=1S/C23H20O5/c1-16-2-6-19(7-3-16)23(26)28-21-12-4-17(5-13-21)14-15-27-22(25)18-8-10-20(24)11-9-18/h2-13,24H,14-15H2,1H3. The minimum absolute atomic E-state index is 0.0970. The molecule has 28 heavy (non-hydrogen) atoms. The van der Waals surface area contributed by atoms with E-state index in [-0.39, 0.29) is 12.4 Å². The highest BCUT2D eigenvalue weighted by Crippen LogP contribution is 2.16. The van der Waals surface area contributed by atoms with E-state index in [1.165, 1.54) is 24.3 Å². The first-order valence-electron chi connectivity index (χ1n) is 8.85. The molecule has 0 heterocycles. The molecule has 0 aliphatic carbocycles. The lowest BCUT2D eigenvalue weighted by molar-refractivity contribution is 0.0508. The van der Waals surface area contributed by atoms with Crippen molar-refractivity contribution in [3.05, 3.63) is 95.1 Å². The van der Waals surface area contributed by atoms with Crippen LogP contribution in [0.1, 0.15) is 31.8 Å². The normalized spacial score (nSPS) is 10.3. The van der Waals surface area contributed by atoms with Crippen LogP contribution in [0.25, 0.3) is 0 Å². The molecule has 0 atom stereocenters. The van der Waals surface area contributed by atoms with E-state index in [1.807, 2.05) is 31.2 Å². The van der Waals surface area contributed by atoms with Gasteiger partial charge in [-0.25, -0.2) is 9.59 Å². The number of carbonyl (C=O) groups is 2. The van der Waals surface area contributed by atoms with Gasteiger partial charge in [-0.3, -0.25) is 0 Å². The highest BCUT2D eigenvalue weighted by molar-refractivity contribution is 5.91. The van der Waals surface area contributed by atoms with Crippen LogP contribution in [0.15, 0.2) is 72.8 Å². The van der Waals surface area contributed by atoms with Crippen LogP contribution in [0.4, 0.5) is 0 Å². The van der Waals surface area contributed by atoms with E-state index in [1.54, 1.807) is 24.3 Å². The van der Waals surface area contributed by atoms with Gasteiger partial charge in [0, 0.05) is 6.42 Å². The molecule has 1 N–H and O–H groups in total. The predicted molar refractivity (Wildman–Crippen MR) is 105 cm³/mol. The minimum Gasteiger partial charge on any atom is -0.508 e. The summed E-state index contributed by atoms with van der Waals surface area (Å²) in [5, 5.41) is 9.23. The molecular formula is C23H20O5. The maximum atomic E-state index is 12.1. The monoisotopic (exact) mass is 376 g/mol. The molecule has 3 aromatic rings. The number of phenols is 1. The molecule has 0 spiro atoms. The van der Waals surface area contributed by atoms with E-state index in [0.717, 1.165) is 11.1 Å². The Morgan fingerprint density at radius 3 is 2.00 bits per heavy atom. The second-order valence-corrected chi connectivity index (χ2v) is 6.33. The molecule has 0 saturated carbocycles. The zero-order valence-corrected chi connectivity index (χ0v) is 15.4. The van der Waals surface area contributed by atoms with Crippen molar-refractivity contribution in [3.8, 4) is 11.5 Å². The summed E-state index contributed by atoms with van der Waals surface area (Å²) >= 11 is 0. The van der Waals surface area contributed by atoms with Gasteiger partial charge >= 0.3 is 11.9 Å². The Labute approximate surface area is 163 Å². The first kappa shape index (κ1) is 19.2. The van der Waals surface area contributed by atoms with Crippen LogP contribution < -0.4 is 4.74 Å². The van der Waals surface area contributed by atoms with Crippen LogP contribution in [0, 0.1) is 6.92 Å². The van der Waals surface area contributed by atoms with Gasteiger partial charge in [-0.1, -0.05) is 29.8 Å². The van der Waals surface area contributed by atoms with Gasteiger partial charge in [0.1, 0.15) is 11.5 Å². The average Bonchev–Trinajstić information content (AvgIpc) is 2.70. The Morgan fingerprint density at radius 2 is 1.36 bits per heavy atom. The number of rotatable bonds is 6. The molecule has 0 saturated heterocycles. The van der Waals surface area contributed by atoms with Gasteiger partial charge in [-0.15, -0.1) is 0 Å². The number of hydrogen-bond acceptors (Lipinski definition) is 5. The summed E-state index contributed by atoms with van der Waals surface area (Å²) < 4.78 is 10.6. The number of aromatic hydroxyl groups is 1. The smallest absolute Gasteiger partial charge is 0.343 e. The van der Waals surface area contributed by atoms with Crippen LogP contribution in [0.5, 0.6) is 11.5 Å². The van der Waals surface area contributed by atoms with E-state index in [9.17, 15) is 14.7 Å². The molecule has 0 radical (unpaired) electrons. The van der Waals surface area contributed by atoms with Crippen molar-refractivity contribution in [2.24, 2.45) is 0 Å². The zero-order chi connectivity index (χ0) is 19.9. The minimum atomic E-state index is -0.441. The van der Waals surface area contributed by atoms with Gasteiger partial charge in [0.2, 0.25) is 0 Å². The number of aryl methyl sites for hydroxylation is 1. The third kappa shape index (κ3) is 5.20. The van der Waals surface area contributed by atoms with Crippen LogP contribution in [0.3, 0.4) is 0 Å². The SMILES string of the molecule is Cc1ccc(C(=O)Oc2ccc(CCOC(=O)c3ccc(O)cc3)cc2)cc1. The number of ether oxygens (including phenoxy) is 2. The predicted octanol–water partition coefficient (Wildman–Crippen LogP) is 4.32. The second-order valence-electron chi connectivity index (χ2n) is 6.33. The number of phenolic OH excluding ortho intramolecular Hbond substituents is 1. The Balaban J connectivity index is 1.49. The van der Waals surface area contributed by atoms with Crippen molar-refractivity contribution in [2.45, 2.75) is 13.3 Å². The van der Waals surface area contributed by atoms with E-state index in [4.69, 9.17) is 9.47 Å². The fourth-order valence-electron chi connectivity index (χ4n) is 2.52. The Kier molecular flexibility index (Phi) is 6.07. The Bertz CT molecular complexity index is 942. The molecule has 0 fully saturated rings. The topological polar surface area (TPSA) is 72.8 Å². The fraction of sp³-hybridized carbons (Fsp3) is 0.130. The third-order valence-corrected chi connectivity index (χ3v) is 4.15. The lowest BCUT2D eigenvalue weighted by atomic mass is 10.1. The molecule has 0 unspecified atom stereocenters. The van der Waals surface area contributed by atoms with Gasteiger partial charge in [0.25, 0.3) is 0 Å². The van der Waals surface area contributed by atoms with E-state index >= 15 is 0 Å². The first-order chi connectivity index (χ1) is 13.5. The zero-order valence-electron chi connectivity index (χ0n) is 15.4. The summed E-state index contributed by atoms with van der Waals surface area (Å²) in [7, 11) is 0. The highest BCUT2D eigenvalue weighted by Gasteiger charge is 2.09. The first-order valence-corrected chi connectivity index (χ1v) is 8.85. The Morgan fingerprint density at radius 1 is 0.786 bits per heavy atom. The molecule has 0 bridgehead atoms. The van der Waals surface area contributed by atoms with Crippen LogP contribution in [-0.2, 0) is 11.2 Å². The summed E-state index contributed by atoms with van der Waals surface area (Å²) in [4.78, 5) is 24.0. The second kappa shape index (κ2) is 8.86. The van der Waals surface area contributed by atoms with Gasteiger partial charge in [-0.05, 0) is 61.0 Å². The molecule has 0 aliphatic rings. The van der Waals surface area contributed by atoms with Crippen LogP contribution >= 0.6 is 0 Å². The highest BCUT2D eigenvalue weighted by atomic mass is 16.5. The van der Waals surface area contributed by atoms with Crippen molar-refractivity contribution in [3.63, 3.8) is 0 Å². The van der Waals surface area contributed by atoms with Crippen molar-refractivity contribution < 1.29 is 24.2 Å². The Hall–Kier alpha value is -3.60. The number of benzene rings is 3. The van der Waals surface area contributed by atoms with Gasteiger partial charge in [-0.2, -0.15) is 0 Å². The fourth-order valence-corrected chi connectivity index (χ4v) is 2.52. The molecule has 0 aliphatic heterocycles. The van der Waals surface area contributed by atoms with Crippen molar-refractivity contribution in [1.29, 1.82) is 0 Å². The number of hydrogen-bond donors (Lipinski definition) is 1. The average molecular weight is 376 g/mol. The summed E-state index contributed by atoms with van der Waals surface area (Å²) in [6.07, 6.45) is 0.538. The lowest BCUT2D eigenvalue weighted by Gasteiger charge is -2.07. The molecular weight excluding hydrogens is 356 g/mol. The summed E-state index contributed by atoms with van der Waals surface area (Å²) in [5.41, 5.74) is 2.91. The van der Waals surface area contributed by atoms with Gasteiger partial charge in [0.15, 0.2) is 0 Å². The molecule has 3 rings (SSSR count). The molecule has 3 aromatic carbocycles. The van der Waals surface area contributed by atoms with E-state index in [0.29, 0.717) is 23.3 Å². The molecule has 5 heteroatoms. The number of carbonyl (C=O) groups excluding carboxylic acids is 2. The van der Waals surface area contributed by atoms with E-state index in [2.05, 4.69) is 0 Å².